The van der Waals surface area contributed by atoms with E-state index in [-0.39, 0.29) is 5.82 Å². The molecule has 0 radical (unpaired) electrons. The van der Waals surface area contributed by atoms with Crippen LogP contribution in [0, 0.1) is 12.7 Å². The Morgan fingerprint density at radius 2 is 1.74 bits per heavy atom. The molecule has 0 fully saturated rings. The molecule has 1 N–H and O–H groups in total. The monoisotopic (exact) mass is 303 g/mol. The third kappa shape index (κ3) is 2.48. The fraction of sp³-hybridized carbons (Fsp3) is 0.0526. The van der Waals surface area contributed by atoms with Crippen molar-refractivity contribution in [3.05, 3.63) is 72.2 Å². The number of aromatic amines is 1. The summed E-state index contributed by atoms with van der Waals surface area (Å²) in [6, 6.07) is 16.4. The largest absolute Gasteiger partial charge is 0.323 e. The van der Waals surface area contributed by atoms with Crippen LogP contribution in [0.1, 0.15) is 5.56 Å². The number of aromatic nitrogens is 3. The Balaban J connectivity index is 1.81. The predicted molar refractivity (Wildman–Crippen MR) is 89.5 cm³/mol. The molecule has 112 valence electrons. The van der Waals surface area contributed by atoms with E-state index in [2.05, 4.69) is 27.9 Å². The lowest BCUT2D eigenvalue weighted by atomic mass is 10.1. The van der Waals surface area contributed by atoms with Gasteiger partial charge in [0, 0.05) is 17.3 Å². The quantitative estimate of drug-likeness (QED) is 0.581. The summed E-state index contributed by atoms with van der Waals surface area (Å²) < 4.78 is 13.1. The number of fused-ring (bicyclic) bond motifs is 1. The van der Waals surface area contributed by atoms with E-state index < -0.39 is 0 Å². The van der Waals surface area contributed by atoms with Gasteiger partial charge in [-0.05, 0) is 36.2 Å². The number of pyridine rings is 1. The molecule has 0 atom stereocenters. The molecule has 0 aliphatic rings. The average Bonchev–Trinajstić information content (AvgIpc) is 2.99. The number of H-pyrrole nitrogens is 1. The Morgan fingerprint density at radius 1 is 0.957 bits per heavy atom. The summed E-state index contributed by atoms with van der Waals surface area (Å²) in [6.45, 7) is 2.06. The molecular weight excluding hydrogens is 289 g/mol. The molecule has 4 heteroatoms. The normalized spacial score (nSPS) is 11.0. The van der Waals surface area contributed by atoms with Gasteiger partial charge < -0.3 is 4.98 Å². The molecule has 4 rings (SSSR count). The van der Waals surface area contributed by atoms with Crippen molar-refractivity contribution in [3.8, 4) is 22.5 Å². The van der Waals surface area contributed by atoms with Crippen molar-refractivity contribution < 1.29 is 4.39 Å². The highest BCUT2D eigenvalue weighted by Gasteiger charge is 2.09. The molecule has 0 aliphatic carbocycles. The van der Waals surface area contributed by atoms with Gasteiger partial charge in [-0.1, -0.05) is 36.4 Å². The van der Waals surface area contributed by atoms with E-state index in [0.29, 0.717) is 0 Å². The first kappa shape index (κ1) is 13.6. The lowest BCUT2D eigenvalue weighted by Crippen LogP contribution is -1.84. The predicted octanol–water partition coefficient (Wildman–Crippen LogP) is 4.74. The lowest BCUT2D eigenvalue weighted by Gasteiger charge is -2.00. The topological polar surface area (TPSA) is 41.6 Å². The van der Waals surface area contributed by atoms with Crippen LogP contribution in [0.15, 0.2) is 60.8 Å². The Hall–Kier alpha value is -3.01. The minimum absolute atomic E-state index is 0.246. The van der Waals surface area contributed by atoms with Crippen molar-refractivity contribution in [3.63, 3.8) is 0 Å². The Labute approximate surface area is 132 Å². The van der Waals surface area contributed by atoms with Gasteiger partial charge in [-0.25, -0.2) is 14.4 Å². The van der Waals surface area contributed by atoms with E-state index in [1.807, 2.05) is 24.3 Å². The summed E-state index contributed by atoms with van der Waals surface area (Å²) in [5.41, 5.74) is 5.60. The number of nitrogens with zero attached hydrogens (tertiary/aromatic N) is 2. The van der Waals surface area contributed by atoms with E-state index in [1.165, 1.54) is 12.1 Å². The standard InChI is InChI=1S/C19H14FN3/c1-12-4-2-3-5-16(12)18-22-17-10-14(11-21-19(17)23-18)13-6-8-15(20)9-7-13/h2-11H,1H3,(H,21,22,23). The highest BCUT2D eigenvalue weighted by molar-refractivity contribution is 5.81. The summed E-state index contributed by atoms with van der Waals surface area (Å²) >= 11 is 0. The van der Waals surface area contributed by atoms with E-state index in [1.54, 1.807) is 18.3 Å². The molecule has 2 heterocycles. The second kappa shape index (κ2) is 5.32. The second-order valence-corrected chi connectivity index (χ2v) is 5.50. The minimum atomic E-state index is -0.246. The maximum atomic E-state index is 13.1. The van der Waals surface area contributed by atoms with Gasteiger partial charge in [0.1, 0.15) is 17.2 Å². The van der Waals surface area contributed by atoms with Gasteiger partial charge in [0.25, 0.3) is 0 Å². The number of rotatable bonds is 2. The molecule has 0 spiro atoms. The number of hydrogen-bond donors (Lipinski definition) is 1. The van der Waals surface area contributed by atoms with Crippen molar-refractivity contribution in [2.24, 2.45) is 0 Å². The molecule has 2 aromatic carbocycles. The van der Waals surface area contributed by atoms with Crippen molar-refractivity contribution in [2.75, 3.05) is 0 Å². The molecule has 0 saturated heterocycles. The number of aryl methyl sites for hydroxylation is 1. The smallest absolute Gasteiger partial charge is 0.157 e. The molecule has 3 nitrogen and oxygen atoms in total. The molecule has 4 aromatic rings. The number of imidazole rings is 1. The molecule has 0 saturated carbocycles. The van der Waals surface area contributed by atoms with Crippen LogP contribution in [0.4, 0.5) is 4.39 Å². The van der Waals surface area contributed by atoms with Crippen LogP contribution in [0.25, 0.3) is 33.7 Å². The van der Waals surface area contributed by atoms with Gasteiger partial charge in [0.2, 0.25) is 0 Å². The molecule has 0 unspecified atom stereocenters. The lowest BCUT2D eigenvalue weighted by molar-refractivity contribution is 0.628. The van der Waals surface area contributed by atoms with Crippen LogP contribution in [0.2, 0.25) is 0 Å². The van der Waals surface area contributed by atoms with E-state index in [0.717, 1.165) is 39.2 Å². The summed E-state index contributed by atoms with van der Waals surface area (Å²) in [4.78, 5) is 12.4. The van der Waals surface area contributed by atoms with Crippen LogP contribution in [-0.4, -0.2) is 15.0 Å². The van der Waals surface area contributed by atoms with Gasteiger partial charge in [-0.2, -0.15) is 0 Å². The number of halogens is 1. The molecular formula is C19H14FN3. The van der Waals surface area contributed by atoms with Crippen molar-refractivity contribution in [2.45, 2.75) is 6.92 Å². The minimum Gasteiger partial charge on any atom is -0.323 e. The first-order valence-corrected chi connectivity index (χ1v) is 7.38. The summed E-state index contributed by atoms with van der Waals surface area (Å²) in [6.07, 6.45) is 1.77. The summed E-state index contributed by atoms with van der Waals surface area (Å²) in [5.74, 6) is 0.561. The molecule has 0 aliphatic heterocycles. The zero-order valence-corrected chi connectivity index (χ0v) is 12.5. The van der Waals surface area contributed by atoms with Gasteiger partial charge >= 0.3 is 0 Å². The van der Waals surface area contributed by atoms with Crippen LogP contribution in [0.5, 0.6) is 0 Å². The Kier molecular flexibility index (Phi) is 3.15. The highest BCUT2D eigenvalue weighted by atomic mass is 19.1. The fourth-order valence-electron chi connectivity index (χ4n) is 2.66. The maximum absolute atomic E-state index is 13.1. The zero-order chi connectivity index (χ0) is 15.8. The number of hydrogen-bond acceptors (Lipinski definition) is 2. The fourth-order valence-corrected chi connectivity index (χ4v) is 2.66. The first-order valence-electron chi connectivity index (χ1n) is 7.38. The highest BCUT2D eigenvalue weighted by Crippen LogP contribution is 2.26. The Morgan fingerprint density at radius 3 is 2.52 bits per heavy atom. The molecule has 2 aromatic heterocycles. The summed E-state index contributed by atoms with van der Waals surface area (Å²) in [5, 5.41) is 0. The van der Waals surface area contributed by atoms with Crippen LogP contribution < -0.4 is 0 Å². The molecule has 0 amide bonds. The van der Waals surface area contributed by atoms with Crippen molar-refractivity contribution in [1.82, 2.24) is 15.0 Å². The SMILES string of the molecule is Cc1ccccc1-c1nc2cc(-c3ccc(F)cc3)cnc2[nH]1. The maximum Gasteiger partial charge on any atom is 0.157 e. The van der Waals surface area contributed by atoms with Crippen LogP contribution in [0.3, 0.4) is 0 Å². The summed E-state index contributed by atoms with van der Waals surface area (Å²) in [7, 11) is 0. The third-order valence-electron chi connectivity index (χ3n) is 3.91. The average molecular weight is 303 g/mol. The third-order valence-corrected chi connectivity index (χ3v) is 3.91. The van der Waals surface area contributed by atoms with E-state index in [4.69, 9.17) is 0 Å². The van der Waals surface area contributed by atoms with Crippen LogP contribution in [-0.2, 0) is 0 Å². The first-order chi connectivity index (χ1) is 11.2. The number of nitrogens with one attached hydrogen (secondary N) is 1. The molecule has 0 bridgehead atoms. The van der Waals surface area contributed by atoms with Gasteiger partial charge in [-0.15, -0.1) is 0 Å². The second-order valence-electron chi connectivity index (χ2n) is 5.50. The van der Waals surface area contributed by atoms with E-state index >= 15 is 0 Å². The van der Waals surface area contributed by atoms with Gasteiger partial charge in [-0.3, -0.25) is 0 Å². The van der Waals surface area contributed by atoms with Gasteiger partial charge in [0.05, 0.1) is 0 Å². The molecule has 23 heavy (non-hydrogen) atoms. The number of benzene rings is 2. The van der Waals surface area contributed by atoms with Crippen molar-refractivity contribution >= 4 is 11.2 Å². The van der Waals surface area contributed by atoms with Gasteiger partial charge in [0.15, 0.2) is 5.65 Å². The van der Waals surface area contributed by atoms with Crippen molar-refractivity contribution in [1.29, 1.82) is 0 Å². The Bertz CT molecular complexity index is 987. The van der Waals surface area contributed by atoms with E-state index in [9.17, 15) is 4.39 Å². The van der Waals surface area contributed by atoms with Crippen LogP contribution >= 0.6 is 0 Å². The zero-order valence-electron chi connectivity index (χ0n) is 12.5.